The van der Waals surface area contributed by atoms with E-state index in [0.717, 1.165) is 5.56 Å². The van der Waals surface area contributed by atoms with Crippen LogP contribution in [0.3, 0.4) is 0 Å². The highest BCUT2D eigenvalue weighted by Gasteiger charge is 2.39. The Morgan fingerprint density at radius 2 is 2.08 bits per heavy atom. The number of ether oxygens (including phenoxy) is 1. The van der Waals surface area contributed by atoms with Gasteiger partial charge in [-0.3, -0.25) is 0 Å². The Morgan fingerprint density at radius 3 is 2.80 bits per heavy atom. The lowest BCUT2D eigenvalue weighted by molar-refractivity contribution is 0.329. The Hall–Kier alpha value is -0.730. The molecule has 134 valence electrons. The molecule has 1 fully saturated rings. The van der Waals surface area contributed by atoms with Crippen LogP contribution in [0.5, 0.6) is 5.75 Å². The predicted molar refractivity (Wildman–Crippen MR) is 106 cm³/mol. The fraction of sp³-hybridized carbons (Fsp3) is 0.294. The lowest BCUT2D eigenvalue weighted by Crippen LogP contribution is -2.31. The average molecular weight is 463 g/mol. The Labute approximate surface area is 165 Å². The number of nitrogens with zero attached hydrogens (tertiary/aromatic N) is 1. The first kappa shape index (κ1) is 19.0. The maximum absolute atomic E-state index is 13.3. The first-order valence-corrected chi connectivity index (χ1v) is 11.4. The minimum atomic E-state index is -3.73. The smallest absolute Gasteiger partial charge is 0.248 e. The van der Waals surface area contributed by atoms with Gasteiger partial charge in [0.2, 0.25) is 10.0 Å². The van der Waals surface area contributed by atoms with E-state index in [2.05, 4.69) is 15.9 Å². The largest absolute Gasteiger partial charge is 0.492 e. The van der Waals surface area contributed by atoms with Gasteiger partial charge in [-0.1, -0.05) is 45.7 Å². The SMILES string of the molecule is CCOc1ccc(Br)cc1S(=O)(=O)N1CCSC1c1ccccc1Cl. The summed E-state index contributed by atoms with van der Waals surface area (Å²) in [5.41, 5.74) is 0.809. The summed E-state index contributed by atoms with van der Waals surface area (Å²) in [6, 6.07) is 12.4. The molecule has 0 saturated carbocycles. The molecular formula is C17H17BrClNO3S2. The zero-order chi connectivity index (χ0) is 18.0. The van der Waals surface area contributed by atoms with Crippen LogP contribution in [-0.2, 0) is 10.0 Å². The first-order chi connectivity index (χ1) is 11.9. The zero-order valence-electron chi connectivity index (χ0n) is 13.5. The highest BCUT2D eigenvalue weighted by molar-refractivity contribution is 9.10. The molecule has 0 radical (unpaired) electrons. The van der Waals surface area contributed by atoms with Crippen LogP contribution < -0.4 is 4.74 Å². The Balaban J connectivity index is 2.05. The van der Waals surface area contributed by atoms with Gasteiger partial charge in [0.25, 0.3) is 0 Å². The van der Waals surface area contributed by atoms with Crippen molar-refractivity contribution in [1.82, 2.24) is 4.31 Å². The lowest BCUT2D eigenvalue weighted by atomic mass is 10.2. The number of benzene rings is 2. The van der Waals surface area contributed by atoms with Crippen molar-refractivity contribution in [2.45, 2.75) is 17.2 Å². The normalized spacial score (nSPS) is 18.4. The quantitative estimate of drug-likeness (QED) is 0.631. The third-order valence-electron chi connectivity index (χ3n) is 3.81. The molecule has 1 aliphatic heterocycles. The van der Waals surface area contributed by atoms with Gasteiger partial charge in [0.15, 0.2) is 0 Å². The number of hydrogen-bond acceptors (Lipinski definition) is 4. The fourth-order valence-electron chi connectivity index (χ4n) is 2.71. The van der Waals surface area contributed by atoms with Gasteiger partial charge in [-0.05, 0) is 36.8 Å². The molecule has 0 amide bonds. The van der Waals surface area contributed by atoms with Crippen LogP contribution in [0, 0.1) is 0 Å². The fourth-order valence-corrected chi connectivity index (χ4v) is 6.95. The van der Waals surface area contributed by atoms with E-state index in [-0.39, 0.29) is 10.3 Å². The van der Waals surface area contributed by atoms with E-state index in [1.165, 1.54) is 4.31 Å². The summed E-state index contributed by atoms with van der Waals surface area (Å²) in [6.45, 7) is 2.66. The van der Waals surface area contributed by atoms with Gasteiger partial charge in [-0.25, -0.2) is 8.42 Å². The van der Waals surface area contributed by atoms with Crippen LogP contribution in [0.1, 0.15) is 17.9 Å². The van der Waals surface area contributed by atoms with Crippen molar-refractivity contribution in [3.05, 3.63) is 57.5 Å². The summed E-state index contributed by atoms with van der Waals surface area (Å²) in [5, 5.41) is 0.230. The van der Waals surface area contributed by atoms with Gasteiger partial charge >= 0.3 is 0 Å². The van der Waals surface area contributed by atoms with E-state index in [1.54, 1.807) is 36.0 Å². The second-order valence-electron chi connectivity index (χ2n) is 5.38. The van der Waals surface area contributed by atoms with E-state index in [9.17, 15) is 8.42 Å². The van der Waals surface area contributed by atoms with Crippen molar-refractivity contribution >= 4 is 49.3 Å². The highest BCUT2D eigenvalue weighted by Crippen LogP contribution is 2.45. The summed E-state index contributed by atoms with van der Waals surface area (Å²) in [7, 11) is -3.73. The van der Waals surface area contributed by atoms with Crippen molar-refractivity contribution in [2.75, 3.05) is 18.9 Å². The van der Waals surface area contributed by atoms with Gasteiger partial charge in [-0.2, -0.15) is 4.31 Å². The number of rotatable bonds is 5. The van der Waals surface area contributed by atoms with E-state index in [0.29, 0.717) is 34.1 Å². The summed E-state index contributed by atoms with van der Waals surface area (Å²) < 4.78 is 34.4. The molecule has 1 atom stereocenters. The maximum Gasteiger partial charge on any atom is 0.248 e. The van der Waals surface area contributed by atoms with E-state index < -0.39 is 10.0 Å². The van der Waals surface area contributed by atoms with Crippen molar-refractivity contribution in [3.8, 4) is 5.75 Å². The number of halogens is 2. The summed E-state index contributed by atoms with van der Waals surface area (Å²) in [5.74, 6) is 1.08. The molecule has 0 N–H and O–H groups in total. The molecule has 1 aliphatic rings. The van der Waals surface area contributed by atoms with Gasteiger partial charge in [0.1, 0.15) is 10.6 Å². The monoisotopic (exact) mass is 461 g/mol. The molecule has 8 heteroatoms. The van der Waals surface area contributed by atoms with Gasteiger partial charge in [-0.15, -0.1) is 11.8 Å². The molecule has 2 aromatic rings. The molecule has 1 saturated heterocycles. The Kier molecular flexibility index (Phi) is 6.00. The molecule has 1 heterocycles. The van der Waals surface area contributed by atoms with Gasteiger partial charge in [0.05, 0.1) is 12.0 Å². The lowest BCUT2D eigenvalue weighted by Gasteiger charge is -2.25. The molecule has 0 aliphatic carbocycles. The minimum absolute atomic E-state index is 0.170. The molecule has 3 rings (SSSR count). The third-order valence-corrected chi connectivity index (χ3v) is 7.91. The standard InChI is InChI=1S/C17H17BrClNO3S2/c1-2-23-15-8-7-12(18)11-16(15)25(21,22)20-9-10-24-17(20)13-5-3-4-6-14(13)19/h3-8,11,17H,2,9-10H2,1H3. The van der Waals surface area contributed by atoms with Crippen LogP contribution in [-0.4, -0.2) is 31.6 Å². The topological polar surface area (TPSA) is 46.6 Å². The molecular weight excluding hydrogens is 446 g/mol. The highest BCUT2D eigenvalue weighted by atomic mass is 79.9. The summed E-state index contributed by atoms with van der Waals surface area (Å²) in [4.78, 5) is 0.170. The number of hydrogen-bond donors (Lipinski definition) is 0. The van der Waals surface area contributed by atoms with Crippen LogP contribution in [0.15, 0.2) is 51.8 Å². The van der Waals surface area contributed by atoms with E-state index in [1.807, 2.05) is 25.1 Å². The molecule has 0 spiro atoms. The molecule has 25 heavy (non-hydrogen) atoms. The third kappa shape index (κ3) is 3.85. The predicted octanol–water partition coefficient (Wildman–Crippen LogP) is 4.94. The van der Waals surface area contributed by atoms with Crippen molar-refractivity contribution in [2.24, 2.45) is 0 Å². The molecule has 0 bridgehead atoms. The van der Waals surface area contributed by atoms with Gasteiger partial charge < -0.3 is 4.74 Å². The maximum atomic E-state index is 13.3. The second kappa shape index (κ2) is 7.88. The van der Waals surface area contributed by atoms with Crippen LogP contribution in [0.2, 0.25) is 5.02 Å². The Bertz CT molecular complexity index is 876. The molecule has 0 aromatic heterocycles. The minimum Gasteiger partial charge on any atom is -0.492 e. The second-order valence-corrected chi connectivity index (χ2v) is 9.75. The molecule has 4 nitrogen and oxygen atoms in total. The summed E-state index contributed by atoms with van der Waals surface area (Å²) >= 11 is 11.2. The van der Waals surface area contributed by atoms with Gasteiger partial charge in [0, 0.05) is 21.8 Å². The average Bonchev–Trinajstić information content (AvgIpc) is 3.07. The van der Waals surface area contributed by atoms with Crippen LogP contribution in [0.4, 0.5) is 0 Å². The number of thioether (sulfide) groups is 1. The van der Waals surface area contributed by atoms with Crippen molar-refractivity contribution in [1.29, 1.82) is 0 Å². The first-order valence-electron chi connectivity index (χ1n) is 7.75. The van der Waals surface area contributed by atoms with Crippen molar-refractivity contribution in [3.63, 3.8) is 0 Å². The van der Waals surface area contributed by atoms with E-state index in [4.69, 9.17) is 16.3 Å². The summed E-state index contributed by atoms with van der Waals surface area (Å²) in [6.07, 6.45) is 0. The van der Waals surface area contributed by atoms with Crippen molar-refractivity contribution < 1.29 is 13.2 Å². The zero-order valence-corrected chi connectivity index (χ0v) is 17.5. The molecule has 2 aromatic carbocycles. The van der Waals surface area contributed by atoms with Crippen LogP contribution in [0.25, 0.3) is 0 Å². The van der Waals surface area contributed by atoms with Crippen LogP contribution >= 0.6 is 39.3 Å². The van der Waals surface area contributed by atoms with E-state index >= 15 is 0 Å². The Morgan fingerprint density at radius 1 is 1.32 bits per heavy atom. The molecule has 1 unspecified atom stereocenters. The number of sulfonamides is 1.